The summed E-state index contributed by atoms with van der Waals surface area (Å²) in [5, 5.41) is 8.25. The van der Waals surface area contributed by atoms with Crippen molar-refractivity contribution in [2.24, 2.45) is 0 Å². The summed E-state index contributed by atoms with van der Waals surface area (Å²) in [5.41, 5.74) is 1.57. The van der Waals surface area contributed by atoms with Crippen LogP contribution in [0.4, 0.5) is 0 Å². The number of fused-ring (bicyclic) bond motifs is 1. The third-order valence-corrected chi connectivity index (χ3v) is 30.6. The number of benzene rings is 2. The monoisotopic (exact) mass is 518 g/mol. The molecular weight excluding hydrogens is 487 g/mol. The van der Waals surface area contributed by atoms with Crippen molar-refractivity contribution < 1.29 is 14.8 Å². The van der Waals surface area contributed by atoms with Gasteiger partial charge in [0, 0.05) is 0 Å². The van der Waals surface area contributed by atoms with Gasteiger partial charge in [0.05, 0.1) is 0 Å². The quantitative estimate of drug-likeness (QED) is 0.364. The van der Waals surface area contributed by atoms with Gasteiger partial charge in [0.15, 0.2) is 0 Å². The van der Waals surface area contributed by atoms with E-state index in [4.69, 9.17) is 0 Å². The summed E-state index contributed by atoms with van der Waals surface area (Å²) < 4.78 is 2.20. The van der Waals surface area contributed by atoms with E-state index in [0.717, 1.165) is 0 Å². The summed E-state index contributed by atoms with van der Waals surface area (Å²) in [5.74, 6) is 0. The summed E-state index contributed by atoms with van der Waals surface area (Å²) in [6.45, 7) is 7.65. The molecule has 0 radical (unpaired) electrons. The maximum atomic E-state index is 2.70. The number of rotatable bonds is 5. The Morgan fingerprint density at radius 3 is 2.17 bits per heavy atom. The first kappa shape index (κ1) is 17.9. The third kappa shape index (κ3) is 3.68. The summed E-state index contributed by atoms with van der Waals surface area (Å²) in [6, 6.07) is 15.8. The van der Waals surface area contributed by atoms with Crippen molar-refractivity contribution in [1.29, 1.82) is 0 Å². The summed E-state index contributed by atoms with van der Waals surface area (Å²) in [6.07, 6.45) is 9.51. The minimum absolute atomic E-state index is 0.696. The molecule has 0 nitrogen and oxygen atoms in total. The molecule has 0 N–H and O–H groups in total. The second-order valence-corrected chi connectivity index (χ2v) is 33.0. The molecule has 0 aromatic heterocycles. The van der Waals surface area contributed by atoms with Crippen LogP contribution in [0.1, 0.15) is 5.56 Å². The summed E-state index contributed by atoms with van der Waals surface area (Å²) >= 11 is -2.66. The molecule has 0 unspecified atom stereocenters. The average molecular weight is 519 g/mol. The molecule has 133 valence electrons. The Kier molecular flexibility index (Phi) is 4.56. The van der Waals surface area contributed by atoms with E-state index < -0.39 is 22.9 Å². The van der Waals surface area contributed by atoms with Crippen LogP contribution in [0.2, 0.25) is 39.0 Å². The molecule has 3 rings (SSSR count). The third-order valence-electron chi connectivity index (χ3n) is 4.47. The normalized spacial score (nSPS) is 17.3. The molecule has 0 saturated heterocycles. The molecule has 0 fully saturated rings. The van der Waals surface area contributed by atoms with Crippen molar-refractivity contribution in [3.8, 4) is 0 Å². The topological polar surface area (TPSA) is 0 Å². The van der Waals surface area contributed by atoms with Crippen LogP contribution in [0.15, 0.2) is 66.8 Å². The molecule has 0 saturated carbocycles. The van der Waals surface area contributed by atoms with Gasteiger partial charge in [-0.15, -0.1) is 0 Å². The molecule has 2 aromatic carbocycles. The molecule has 0 aliphatic heterocycles. The van der Waals surface area contributed by atoms with Crippen molar-refractivity contribution in [2.45, 2.75) is 43.8 Å². The second-order valence-electron chi connectivity index (χ2n) is 8.59. The Labute approximate surface area is 149 Å². The number of hydrogen-bond donors (Lipinski definition) is 0. The van der Waals surface area contributed by atoms with E-state index in [1.807, 2.05) is 0 Å². The molecule has 1 aliphatic rings. The molecule has 2 aromatic rings. The van der Waals surface area contributed by atoms with Crippen LogP contribution >= 0.6 is 0 Å². The zero-order valence-corrected chi connectivity index (χ0v) is 18.9. The zero-order valence-electron chi connectivity index (χ0n) is 15.7. The SMILES string of the molecule is C[Si](C)(C)[CH2][Pt]([CH3])([CH3])([CH2]c1cccc2ccccc12)[CH]1C=CC=C1. The van der Waals surface area contributed by atoms with Crippen LogP contribution < -0.4 is 0 Å². The number of allylic oxidation sites excluding steroid dienone is 4. The molecule has 0 amide bonds. The predicted molar refractivity (Wildman–Crippen MR) is 110 cm³/mol. The Morgan fingerprint density at radius 1 is 0.875 bits per heavy atom. The van der Waals surface area contributed by atoms with Gasteiger partial charge >= 0.3 is 150 Å². The molecular formula is C22H31PtSi. The van der Waals surface area contributed by atoms with Crippen molar-refractivity contribution in [3.05, 3.63) is 72.3 Å². The fourth-order valence-corrected chi connectivity index (χ4v) is 40.1. The van der Waals surface area contributed by atoms with Crippen LogP contribution in [-0.2, 0) is 19.6 Å². The first-order valence-electron chi connectivity index (χ1n) is 8.46. The first-order valence-corrected chi connectivity index (χ1v) is 21.2. The van der Waals surface area contributed by atoms with Gasteiger partial charge < -0.3 is 0 Å². The van der Waals surface area contributed by atoms with Crippen molar-refractivity contribution in [1.82, 2.24) is 0 Å². The molecule has 0 bridgehead atoms. The Balaban J connectivity index is 2.09. The fraction of sp³-hybridized carbons (Fsp3) is 0.364. The molecule has 0 spiro atoms. The molecule has 2 heteroatoms. The van der Waals surface area contributed by atoms with E-state index in [9.17, 15) is 0 Å². The van der Waals surface area contributed by atoms with E-state index in [-0.39, 0.29) is 0 Å². The van der Waals surface area contributed by atoms with Gasteiger partial charge in [-0.25, -0.2) is 0 Å². The van der Waals surface area contributed by atoms with Crippen LogP contribution in [0.5, 0.6) is 0 Å². The van der Waals surface area contributed by atoms with Crippen LogP contribution in [-0.4, -0.2) is 8.07 Å². The van der Waals surface area contributed by atoms with Crippen LogP contribution in [0.3, 0.4) is 0 Å². The van der Waals surface area contributed by atoms with Crippen LogP contribution in [0, 0.1) is 0 Å². The summed E-state index contributed by atoms with van der Waals surface area (Å²) in [7, 11) is -1.14. The Bertz CT molecular complexity index is 791. The van der Waals surface area contributed by atoms with Gasteiger partial charge in [-0.3, -0.25) is 0 Å². The molecule has 0 atom stereocenters. The minimum atomic E-state index is -2.66. The van der Waals surface area contributed by atoms with E-state index in [0.29, 0.717) is 4.31 Å². The zero-order chi connectivity index (χ0) is 17.4. The van der Waals surface area contributed by atoms with E-state index >= 15 is 0 Å². The standard InChI is InChI=1S/C11H9.C5H5.C4H11Si.2CH3.Pt/c1-9-5-4-7-10-6-2-3-8-11(9)10;1-2-4-5-3-1;1-5(2,3)4;;;/h2-8H,1H2;1-5H;1H2,2-4H3;2*1H3;. The average Bonchev–Trinajstić information content (AvgIpc) is 3.01. The predicted octanol–water partition coefficient (Wildman–Crippen LogP) is 7.34. The molecule has 1 aliphatic carbocycles. The molecule has 24 heavy (non-hydrogen) atoms. The summed E-state index contributed by atoms with van der Waals surface area (Å²) in [4.78, 5) is 1.30. The van der Waals surface area contributed by atoms with E-state index in [1.54, 1.807) is 5.56 Å². The Hall–Kier alpha value is -0.915. The van der Waals surface area contributed by atoms with Gasteiger partial charge in [-0.2, -0.15) is 0 Å². The van der Waals surface area contributed by atoms with Gasteiger partial charge in [-0.1, -0.05) is 0 Å². The van der Waals surface area contributed by atoms with Crippen molar-refractivity contribution in [3.63, 3.8) is 0 Å². The van der Waals surface area contributed by atoms with Crippen LogP contribution in [0.25, 0.3) is 10.8 Å². The second kappa shape index (κ2) is 6.11. The fourth-order valence-electron chi connectivity index (χ4n) is 3.88. The Morgan fingerprint density at radius 2 is 1.50 bits per heavy atom. The van der Waals surface area contributed by atoms with E-state index in [2.05, 4.69) is 97.0 Å². The first-order chi connectivity index (χ1) is 11.2. The van der Waals surface area contributed by atoms with Gasteiger partial charge in [0.2, 0.25) is 0 Å². The molecule has 0 heterocycles. The van der Waals surface area contributed by atoms with E-state index in [1.165, 1.54) is 20.0 Å². The van der Waals surface area contributed by atoms with Crippen molar-refractivity contribution in [2.75, 3.05) is 0 Å². The number of hydrogen-bond acceptors (Lipinski definition) is 0. The van der Waals surface area contributed by atoms with Gasteiger partial charge in [0.25, 0.3) is 0 Å². The van der Waals surface area contributed by atoms with Crippen molar-refractivity contribution >= 4 is 18.8 Å². The van der Waals surface area contributed by atoms with Gasteiger partial charge in [0.1, 0.15) is 0 Å². The van der Waals surface area contributed by atoms with Gasteiger partial charge in [-0.05, 0) is 0 Å². The maximum absolute atomic E-state index is 2.70.